The van der Waals surface area contributed by atoms with Crippen LogP contribution in [0.4, 0.5) is 0 Å². The van der Waals surface area contributed by atoms with Gasteiger partial charge in [0, 0.05) is 19.5 Å². The summed E-state index contributed by atoms with van der Waals surface area (Å²) >= 11 is 0. The molecule has 0 spiro atoms. The first-order valence-electron chi connectivity index (χ1n) is 6.84. The van der Waals surface area contributed by atoms with Crippen LogP contribution in [0, 0.1) is 6.92 Å². The van der Waals surface area contributed by atoms with Crippen molar-refractivity contribution in [3.63, 3.8) is 0 Å². The smallest absolute Gasteiger partial charge is 0.138 e. The van der Waals surface area contributed by atoms with Crippen LogP contribution >= 0.6 is 0 Å². The summed E-state index contributed by atoms with van der Waals surface area (Å²) in [5.41, 5.74) is 2.66. The molecule has 1 unspecified atom stereocenters. The van der Waals surface area contributed by atoms with E-state index in [1.807, 2.05) is 11.7 Å². The highest BCUT2D eigenvalue weighted by Gasteiger charge is 2.15. The second-order valence-corrected chi connectivity index (χ2v) is 4.87. The third-order valence-corrected chi connectivity index (χ3v) is 3.40. The molecule has 0 bridgehead atoms. The van der Waals surface area contributed by atoms with Gasteiger partial charge in [-0.2, -0.15) is 5.10 Å². The molecule has 1 heterocycles. The van der Waals surface area contributed by atoms with Crippen molar-refractivity contribution in [3.05, 3.63) is 47.5 Å². The molecule has 2 rings (SSSR count). The van der Waals surface area contributed by atoms with E-state index in [-0.39, 0.29) is 0 Å². The van der Waals surface area contributed by atoms with Crippen molar-refractivity contribution >= 4 is 0 Å². The van der Waals surface area contributed by atoms with Gasteiger partial charge in [0.1, 0.15) is 12.2 Å². The SMILES string of the molecule is CCCNC(Cc1ncnn1C)c1ccccc1C. The molecule has 0 radical (unpaired) electrons. The van der Waals surface area contributed by atoms with Crippen molar-refractivity contribution in [2.24, 2.45) is 7.05 Å². The lowest BCUT2D eigenvalue weighted by molar-refractivity contribution is 0.505. The number of aromatic nitrogens is 3. The highest BCUT2D eigenvalue weighted by atomic mass is 15.3. The lowest BCUT2D eigenvalue weighted by Crippen LogP contribution is -2.26. The Morgan fingerprint density at radius 2 is 2.11 bits per heavy atom. The molecule has 1 aromatic carbocycles. The lowest BCUT2D eigenvalue weighted by atomic mass is 9.98. The van der Waals surface area contributed by atoms with Crippen LogP contribution in [0.5, 0.6) is 0 Å². The molecule has 1 aromatic heterocycles. The highest BCUT2D eigenvalue weighted by molar-refractivity contribution is 5.29. The zero-order chi connectivity index (χ0) is 13.7. The monoisotopic (exact) mass is 258 g/mol. The fourth-order valence-electron chi connectivity index (χ4n) is 2.28. The zero-order valence-corrected chi connectivity index (χ0v) is 11.9. The molecule has 1 atom stereocenters. The largest absolute Gasteiger partial charge is 0.310 e. The van der Waals surface area contributed by atoms with Gasteiger partial charge in [-0.1, -0.05) is 31.2 Å². The molecular formula is C15H22N4. The molecule has 4 nitrogen and oxygen atoms in total. The number of benzene rings is 1. The van der Waals surface area contributed by atoms with Crippen LogP contribution in [0.2, 0.25) is 0 Å². The summed E-state index contributed by atoms with van der Waals surface area (Å²) in [5.74, 6) is 1.01. The Bertz CT molecular complexity index is 518. The van der Waals surface area contributed by atoms with Crippen LogP contribution in [-0.2, 0) is 13.5 Å². The molecule has 0 amide bonds. The number of nitrogens with zero attached hydrogens (tertiary/aromatic N) is 3. The predicted octanol–water partition coefficient (Wildman–Crippen LogP) is 2.41. The fraction of sp³-hybridized carbons (Fsp3) is 0.467. The normalized spacial score (nSPS) is 12.6. The van der Waals surface area contributed by atoms with Crippen molar-refractivity contribution in [3.8, 4) is 0 Å². The summed E-state index contributed by atoms with van der Waals surface area (Å²) < 4.78 is 1.85. The summed E-state index contributed by atoms with van der Waals surface area (Å²) in [7, 11) is 1.94. The number of nitrogens with one attached hydrogen (secondary N) is 1. The quantitative estimate of drug-likeness (QED) is 0.865. The van der Waals surface area contributed by atoms with Gasteiger partial charge in [0.05, 0.1) is 0 Å². The number of hydrogen-bond acceptors (Lipinski definition) is 3. The van der Waals surface area contributed by atoms with E-state index in [2.05, 4.69) is 53.5 Å². The minimum atomic E-state index is 0.295. The Morgan fingerprint density at radius 1 is 1.32 bits per heavy atom. The summed E-state index contributed by atoms with van der Waals surface area (Å²) in [5, 5.41) is 7.75. The van der Waals surface area contributed by atoms with Crippen LogP contribution in [-0.4, -0.2) is 21.3 Å². The van der Waals surface area contributed by atoms with Crippen LogP contribution in [0.3, 0.4) is 0 Å². The van der Waals surface area contributed by atoms with Gasteiger partial charge in [-0.3, -0.25) is 4.68 Å². The second kappa shape index (κ2) is 6.48. The summed E-state index contributed by atoms with van der Waals surface area (Å²) in [6.45, 7) is 5.35. The molecule has 0 aliphatic carbocycles. The third kappa shape index (κ3) is 3.41. The Labute approximate surface area is 114 Å². The Kier molecular flexibility index (Phi) is 4.68. The van der Waals surface area contributed by atoms with Crippen LogP contribution in [0.25, 0.3) is 0 Å². The van der Waals surface area contributed by atoms with Crippen LogP contribution < -0.4 is 5.32 Å². The van der Waals surface area contributed by atoms with E-state index < -0.39 is 0 Å². The molecule has 0 aliphatic rings. The van der Waals surface area contributed by atoms with Gasteiger partial charge in [-0.15, -0.1) is 0 Å². The number of hydrogen-bond donors (Lipinski definition) is 1. The van der Waals surface area contributed by atoms with Crippen LogP contribution in [0.1, 0.15) is 36.3 Å². The zero-order valence-electron chi connectivity index (χ0n) is 11.9. The maximum atomic E-state index is 4.33. The molecule has 0 saturated carbocycles. The van der Waals surface area contributed by atoms with Gasteiger partial charge < -0.3 is 5.32 Å². The van der Waals surface area contributed by atoms with E-state index in [1.165, 1.54) is 11.1 Å². The van der Waals surface area contributed by atoms with Gasteiger partial charge in [0.2, 0.25) is 0 Å². The summed E-state index contributed by atoms with van der Waals surface area (Å²) in [6, 6.07) is 8.83. The molecular weight excluding hydrogens is 236 g/mol. The number of rotatable bonds is 6. The van der Waals surface area contributed by atoms with Crippen molar-refractivity contribution in [1.29, 1.82) is 0 Å². The maximum absolute atomic E-state index is 4.33. The molecule has 1 N–H and O–H groups in total. The number of aryl methyl sites for hydroxylation is 2. The summed E-state index contributed by atoms with van der Waals surface area (Å²) in [6.07, 6.45) is 3.60. The molecule has 4 heteroatoms. The Hall–Kier alpha value is -1.68. The van der Waals surface area contributed by atoms with Crippen LogP contribution in [0.15, 0.2) is 30.6 Å². The minimum absolute atomic E-state index is 0.295. The average molecular weight is 258 g/mol. The van der Waals surface area contributed by atoms with Crippen molar-refractivity contribution in [2.45, 2.75) is 32.7 Å². The molecule has 0 saturated heterocycles. The van der Waals surface area contributed by atoms with Gasteiger partial charge in [0.15, 0.2) is 0 Å². The maximum Gasteiger partial charge on any atom is 0.138 e. The first kappa shape index (κ1) is 13.7. The van der Waals surface area contributed by atoms with Crippen molar-refractivity contribution < 1.29 is 0 Å². The van der Waals surface area contributed by atoms with Gasteiger partial charge in [-0.05, 0) is 31.0 Å². The van der Waals surface area contributed by atoms with E-state index in [9.17, 15) is 0 Å². The first-order valence-corrected chi connectivity index (χ1v) is 6.84. The standard InChI is InChI=1S/C15H22N4/c1-4-9-16-14(10-15-17-11-18-19(15)3)13-8-6-5-7-12(13)2/h5-8,11,14,16H,4,9-10H2,1-3H3. The van der Waals surface area contributed by atoms with E-state index in [0.29, 0.717) is 6.04 Å². The Morgan fingerprint density at radius 3 is 2.74 bits per heavy atom. The third-order valence-electron chi connectivity index (χ3n) is 3.40. The van der Waals surface area contributed by atoms with Crippen molar-refractivity contribution in [1.82, 2.24) is 20.1 Å². The first-order chi connectivity index (χ1) is 9.22. The lowest BCUT2D eigenvalue weighted by Gasteiger charge is -2.20. The van der Waals surface area contributed by atoms with Gasteiger partial charge in [0.25, 0.3) is 0 Å². The summed E-state index contributed by atoms with van der Waals surface area (Å²) in [4.78, 5) is 4.33. The van der Waals surface area contributed by atoms with Crippen molar-refractivity contribution in [2.75, 3.05) is 6.54 Å². The van der Waals surface area contributed by atoms with Gasteiger partial charge in [-0.25, -0.2) is 4.98 Å². The van der Waals surface area contributed by atoms with E-state index in [4.69, 9.17) is 0 Å². The van der Waals surface area contributed by atoms with E-state index in [1.54, 1.807) is 6.33 Å². The molecule has 2 aromatic rings. The Balaban J connectivity index is 2.21. The van der Waals surface area contributed by atoms with Gasteiger partial charge >= 0.3 is 0 Å². The molecule has 102 valence electrons. The molecule has 19 heavy (non-hydrogen) atoms. The highest BCUT2D eigenvalue weighted by Crippen LogP contribution is 2.20. The predicted molar refractivity (Wildman–Crippen MR) is 76.9 cm³/mol. The molecule has 0 aliphatic heterocycles. The second-order valence-electron chi connectivity index (χ2n) is 4.87. The fourth-order valence-corrected chi connectivity index (χ4v) is 2.28. The topological polar surface area (TPSA) is 42.7 Å². The average Bonchev–Trinajstić information content (AvgIpc) is 2.81. The van der Waals surface area contributed by atoms with E-state index in [0.717, 1.165) is 25.2 Å². The minimum Gasteiger partial charge on any atom is -0.310 e. The molecule has 0 fully saturated rings. The van der Waals surface area contributed by atoms with E-state index >= 15 is 0 Å².